The number of aryl methyl sites for hydroxylation is 1. The van der Waals surface area contributed by atoms with Crippen molar-refractivity contribution in [3.8, 4) is 0 Å². The molecule has 1 atom stereocenters. The molecule has 118 valence electrons. The minimum absolute atomic E-state index is 0.140. The highest BCUT2D eigenvalue weighted by Gasteiger charge is 2.32. The predicted octanol–water partition coefficient (Wildman–Crippen LogP) is 3.88. The van der Waals surface area contributed by atoms with Gasteiger partial charge in [-0.15, -0.1) is 0 Å². The SMILES string of the molecule is CCC1(CC)CN(Cc2ccc(F)cc2C)C(C)CCN1. The van der Waals surface area contributed by atoms with Crippen molar-refractivity contribution in [3.63, 3.8) is 0 Å². The topological polar surface area (TPSA) is 15.3 Å². The van der Waals surface area contributed by atoms with E-state index in [4.69, 9.17) is 0 Å². The molecular formula is C18H29FN2. The van der Waals surface area contributed by atoms with Crippen LogP contribution in [0.2, 0.25) is 0 Å². The van der Waals surface area contributed by atoms with E-state index in [1.807, 2.05) is 13.0 Å². The van der Waals surface area contributed by atoms with Gasteiger partial charge in [-0.25, -0.2) is 4.39 Å². The van der Waals surface area contributed by atoms with E-state index in [1.165, 1.54) is 12.0 Å². The molecule has 1 aromatic rings. The van der Waals surface area contributed by atoms with Gasteiger partial charge in [-0.3, -0.25) is 4.90 Å². The molecule has 1 aliphatic rings. The van der Waals surface area contributed by atoms with Gasteiger partial charge in [-0.2, -0.15) is 0 Å². The molecular weight excluding hydrogens is 263 g/mol. The first-order valence-electron chi connectivity index (χ1n) is 8.24. The number of rotatable bonds is 4. The molecule has 1 unspecified atom stereocenters. The lowest BCUT2D eigenvalue weighted by molar-refractivity contribution is 0.152. The van der Waals surface area contributed by atoms with Crippen LogP contribution in [0.4, 0.5) is 4.39 Å². The normalized spacial score (nSPS) is 23.0. The van der Waals surface area contributed by atoms with E-state index in [1.54, 1.807) is 12.1 Å². The minimum Gasteiger partial charge on any atom is -0.310 e. The predicted molar refractivity (Wildman–Crippen MR) is 86.9 cm³/mol. The molecule has 1 N–H and O–H groups in total. The zero-order chi connectivity index (χ0) is 15.5. The Kier molecular flexibility index (Phi) is 5.39. The van der Waals surface area contributed by atoms with Gasteiger partial charge in [0, 0.05) is 24.7 Å². The van der Waals surface area contributed by atoms with Gasteiger partial charge in [-0.05, 0) is 62.9 Å². The Bertz CT molecular complexity index is 468. The van der Waals surface area contributed by atoms with Gasteiger partial charge < -0.3 is 5.32 Å². The van der Waals surface area contributed by atoms with Crippen molar-refractivity contribution in [2.24, 2.45) is 0 Å². The molecule has 3 heteroatoms. The molecule has 1 aromatic carbocycles. The summed E-state index contributed by atoms with van der Waals surface area (Å²) in [5.41, 5.74) is 2.52. The number of nitrogens with one attached hydrogen (secondary N) is 1. The molecule has 0 aromatic heterocycles. The fraction of sp³-hybridized carbons (Fsp3) is 0.667. The van der Waals surface area contributed by atoms with Crippen LogP contribution in [0.1, 0.15) is 51.2 Å². The summed E-state index contributed by atoms with van der Waals surface area (Å²) in [5.74, 6) is -0.140. The van der Waals surface area contributed by atoms with Crippen LogP contribution < -0.4 is 5.32 Å². The molecule has 2 nitrogen and oxygen atoms in total. The zero-order valence-corrected chi connectivity index (χ0v) is 13.9. The summed E-state index contributed by atoms with van der Waals surface area (Å²) in [7, 11) is 0. The number of hydrogen-bond donors (Lipinski definition) is 1. The molecule has 1 aliphatic heterocycles. The lowest BCUT2D eigenvalue weighted by atomic mass is 9.92. The number of nitrogens with zero attached hydrogens (tertiary/aromatic N) is 1. The molecule has 0 radical (unpaired) electrons. The molecule has 0 bridgehead atoms. The number of hydrogen-bond acceptors (Lipinski definition) is 2. The van der Waals surface area contributed by atoms with Crippen LogP contribution in [0.3, 0.4) is 0 Å². The highest BCUT2D eigenvalue weighted by molar-refractivity contribution is 5.26. The first kappa shape index (κ1) is 16.4. The lowest BCUT2D eigenvalue weighted by Gasteiger charge is -2.37. The molecule has 0 spiro atoms. The van der Waals surface area contributed by atoms with Crippen LogP contribution in [-0.2, 0) is 6.54 Å². The van der Waals surface area contributed by atoms with Crippen molar-refractivity contribution in [1.29, 1.82) is 0 Å². The van der Waals surface area contributed by atoms with Crippen molar-refractivity contribution in [2.45, 2.75) is 65.1 Å². The second-order valence-electron chi connectivity index (χ2n) is 6.53. The van der Waals surface area contributed by atoms with Crippen molar-refractivity contribution in [3.05, 3.63) is 35.1 Å². The summed E-state index contributed by atoms with van der Waals surface area (Å²) < 4.78 is 13.3. The third-order valence-electron chi connectivity index (χ3n) is 5.22. The van der Waals surface area contributed by atoms with Gasteiger partial charge >= 0.3 is 0 Å². The Morgan fingerprint density at radius 3 is 2.67 bits per heavy atom. The fourth-order valence-corrected chi connectivity index (χ4v) is 3.32. The van der Waals surface area contributed by atoms with E-state index in [0.717, 1.165) is 38.0 Å². The van der Waals surface area contributed by atoms with Gasteiger partial charge in [0.05, 0.1) is 0 Å². The van der Waals surface area contributed by atoms with Gasteiger partial charge in [0.25, 0.3) is 0 Å². The Morgan fingerprint density at radius 2 is 2.05 bits per heavy atom. The Balaban J connectivity index is 2.18. The summed E-state index contributed by atoms with van der Waals surface area (Å²) in [5, 5.41) is 3.76. The highest BCUT2D eigenvalue weighted by Crippen LogP contribution is 2.25. The quantitative estimate of drug-likeness (QED) is 0.906. The van der Waals surface area contributed by atoms with Crippen LogP contribution in [0.15, 0.2) is 18.2 Å². The summed E-state index contributed by atoms with van der Waals surface area (Å²) in [4.78, 5) is 2.56. The van der Waals surface area contributed by atoms with E-state index >= 15 is 0 Å². The molecule has 21 heavy (non-hydrogen) atoms. The second-order valence-corrected chi connectivity index (χ2v) is 6.53. The largest absolute Gasteiger partial charge is 0.310 e. The fourth-order valence-electron chi connectivity index (χ4n) is 3.32. The first-order valence-corrected chi connectivity index (χ1v) is 8.24. The third kappa shape index (κ3) is 3.83. The lowest BCUT2D eigenvalue weighted by Crippen LogP contribution is -2.51. The zero-order valence-electron chi connectivity index (χ0n) is 13.9. The summed E-state index contributed by atoms with van der Waals surface area (Å²) in [6.07, 6.45) is 3.46. The highest BCUT2D eigenvalue weighted by atomic mass is 19.1. The molecule has 0 saturated carbocycles. The molecule has 2 rings (SSSR count). The third-order valence-corrected chi connectivity index (χ3v) is 5.22. The number of benzene rings is 1. The number of halogens is 1. The Morgan fingerprint density at radius 1 is 1.33 bits per heavy atom. The molecule has 0 amide bonds. The molecule has 1 fully saturated rings. The minimum atomic E-state index is -0.140. The van der Waals surface area contributed by atoms with E-state index in [2.05, 4.69) is 31.0 Å². The van der Waals surface area contributed by atoms with Gasteiger partial charge in [-0.1, -0.05) is 19.9 Å². The molecule has 1 saturated heterocycles. The average molecular weight is 292 g/mol. The first-order chi connectivity index (χ1) is 9.99. The van der Waals surface area contributed by atoms with Gasteiger partial charge in [0.15, 0.2) is 0 Å². The monoisotopic (exact) mass is 292 g/mol. The van der Waals surface area contributed by atoms with Crippen LogP contribution in [0.5, 0.6) is 0 Å². The molecule has 1 heterocycles. The van der Waals surface area contributed by atoms with Crippen LogP contribution in [-0.4, -0.2) is 29.6 Å². The summed E-state index contributed by atoms with van der Waals surface area (Å²) in [6.45, 7) is 11.9. The standard InChI is InChI=1S/C18H29FN2/c1-5-18(6-2)13-21(15(4)9-10-20-18)12-16-7-8-17(19)11-14(16)3/h7-8,11,15,20H,5-6,9-10,12-13H2,1-4H3. The van der Waals surface area contributed by atoms with Crippen LogP contribution >= 0.6 is 0 Å². The maximum absolute atomic E-state index is 13.3. The second kappa shape index (κ2) is 6.89. The maximum Gasteiger partial charge on any atom is 0.123 e. The van der Waals surface area contributed by atoms with Gasteiger partial charge in [0.1, 0.15) is 5.82 Å². The molecule has 0 aliphatic carbocycles. The van der Waals surface area contributed by atoms with E-state index in [-0.39, 0.29) is 11.4 Å². The Hall–Kier alpha value is -0.930. The van der Waals surface area contributed by atoms with Crippen molar-refractivity contribution in [2.75, 3.05) is 13.1 Å². The van der Waals surface area contributed by atoms with E-state index in [9.17, 15) is 4.39 Å². The Labute approximate surface area is 128 Å². The van der Waals surface area contributed by atoms with E-state index < -0.39 is 0 Å². The summed E-state index contributed by atoms with van der Waals surface area (Å²) >= 11 is 0. The maximum atomic E-state index is 13.3. The van der Waals surface area contributed by atoms with Crippen molar-refractivity contribution in [1.82, 2.24) is 10.2 Å². The van der Waals surface area contributed by atoms with Crippen LogP contribution in [0, 0.1) is 12.7 Å². The van der Waals surface area contributed by atoms with E-state index in [0.29, 0.717) is 6.04 Å². The van der Waals surface area contributed by atoms with Crippen molar-refractivity contribution < 1.29 is 4.39 Å². The summed E-state index contributed by atoms with van der Waals surface area (Å²) in [6, 6.07) is 5.72. The van der Waals surface area contributed by atoms with Crippen LogP contribution in [0.25, 0.3) is 0 Å². The van der Waals surface area contributed by atoms with Crippen molar-refractivity contribution >= 4 is 0 Å². The average Bonchev–Trinajstić information content (AvgIpc) is 2.62. The van der Waals surface area contributed by atoms with Gasteiger partial charge in [0.2, 0.25) is 0 Å². The smallest absolute Gasteiger partial charge is 0.123 e.